The number of Topliss-reactive ketones (excluding diaryl/α,β-unsaturated/α-hetero) is 1. The van der Waals surface area contributed by atoms with Crippen molar-refractivity contribution in [3.05, 3.63) is 77.9 Å². The predicted octanol–water partition coefficient (Wildman–Crippen LogP) is 4.48. The van der Waals surface area contributed by atoms with E-state index in [1.54, 1.807) is 0 Å². The fourth-order valence-electron chi connectivity index (χ4n) is 4.37. The largest absolute Gasteiger partial charge is 0.485 e. The molecule has 140 valence electrons. The lowest BCUT2D eigenvalue weighted by molar-refractivity contribution is -0.00467. The van der Waals surface area contributed by atoms with Crippen molar-refractivity contribution in [1.82, 2.24) is 4.90 Å². The molecule has 3 aromatic rings. The summed E-state index contributed by atoms with van der Waals surface area (Å²) in [4.78, 5) is 27.5. The number of nitrogens with zero attached hydrogens (tertiary/aromatic N) is 1. The van der Waals surface area contributed by atoms with Crippen LogP contribution in [0.15, 0.2) is 66.7 Å². The smallest absolute Gasteiger partial charge is 0.253 e. The predicted molar refractivity (Wildman–Crippen MR) is 108 cm³/mol. The molecule has 1 saturated heterocycles. The van der Waals surface area contributed by atoms with Crippen molar-refractivity contribution in [2.24, 2.45) is 0 Å². The number of benzene rings is 3. The standard InChI is InChI=1S/C24H21NO3/c26-21-16-24(28-22-19-9-5-4-6-17(19)10-11-20(21)22)12-14-25(15-13-24)23(27)18-7-2-1-3-8-18/h1-11H,12-16H2. The van der Waals surface area contributed by atoms with E-state index in [-0.39, 0.29) is 11.7 Å². The van der Waals surface area contributed by atoms with Gasteiger partial charge in [0, 0.05) is 36.9 Å². The lowest BCUT2D eigenvalue weighted by atomic mass is 9.81. The van der Waals surface area contributed by atoms with Crippen molar-refractivity contribution in [3.63, 3.8) is 0 Å². The highest BCUT2D eigenvalue weighted by molar-refractivity contribution is 6.06. The number of ether oxygens (including phenoxy) is 1. The molecule has 2 aliphatic rings. The summed E-state index contributed by atoms with van der Waals surface area (Å²) in [5.41, 5.74) is 0.865. The maximum Gasteiger partial charge on any atom is 0.253 e. The van der Waals surface area contributed by atoms with Crippen LogP contribution >= 0.6 is 0 Å². The number of likely N-dealkylation sites (tertiary alicyclic amines) is 1. The van der Waals surface area contributed by atoms with Crippen LogP contribution in [0.25, 0.3) is 10.8 Å². The van der Waals surface area contributed by atoms with Gasteiger partial charge < -0.3 is 9.64 Å². The molecule has 2 aliphatic heterocycles. The van der Waals surface area contributed by atoms with Crippen LogP contribution < -0.4 is 4.74 Å². The Labute approximate surface area is 163 Å². The first-order valence-corrected chi connectivity index (χ1v) is 9.74. The van der Waals surface area contributed by atoms with Gasteiger partial charge in [0.1, 0.15) is 11.4 Å². The minimum absolute atomic E-state index is 0.0448. The van der Waals surface area contributed by atoms with Gasteiger partial charge in [0.2, 0.25) is 0 Å². The average Bonchev–Trinajstić information content (AvgIpc) is 2.74. The van der Waals surface area contributed by atoms with Gasteiger partial charge in [-0.15, -0.1) is 0 Å². The van der Waals surface area contributed by atoms with E-state index in [0.717, 1.165) is 10.8 Å². The van der Waals surface area contributed by atoms with Crippen molar-refractivity contribution in [2.75, 3.05) is 13.1 Å². The minimum Gasteiger partial charge on any atom is -0.485 e. The van der Waals surface area contributed by atoms with Crippen LogP contribution in [0.2, 0.25) is 0 Å². The number of hydrogen-bond donors (Lipinski definition) is 0. The second-order valence-corrected chi connectivity index (χ2v) is 7.71. The minimum atomic E-state index is -0.512. The van der Waals surface area contributed by atoms with E-state index in [4.69, 9.17) is 4.74 Å². The third kappa shape index (κ3) is 2.76. The third-order valence-corrected chi connectivity index (χ3v) is 5.96. The van der Waals surface area contributed by atoms with Gasteiger partial charge in [-0.1, -0.05) is 48.5 Å². The van der Waals surface area contributed by atoms with Gasteiger partial charge in [0.15, 0.2) is 5.78 Å². The Morgan fingerprint density at radius 1 is 0.893 bits per heavy atom. The van der Waals surface area contributed by atoms with Gasteiger partial charge in [-0.2, -0.15) is 0 Å². The molecule has 0 bridgehead atoms. The van der Waals surface area contributed by atoms with Gasteiger partial charge in [-0.25, -0.2) is 0 Å². The lowest BCUT2D eigenvalue weighted by Crippen LogP contribution is -2.52. The molecule has 3 aromatic carbocycles. The number of piperidine rings is 1. The highest BCUT2D eigenvalue weighted by atomic mass is 16.5. The summed E-state index contributed by atoms with van der Waals surface area (Å²) in [5.74, 6) is 0.885. The summed E-state index contributed by atoms with van der Waals surface area (Å²) in [7, 11) is 0. The van der Waals surface area contributed by atoms with Crippen LogP contribution in [0.1, 0.15) is 40.0 Å². The van der Waals surface area contributed by atoms with E-state index in [0.29, 0.717) is 49.2 Å². The van der Waals surface area contributed by atoms with E-state index in [1.165, 1.54) is 0 Å². The molecule has 0 atom stereocenters. The van der Waals surface area contributed by atoms with Crippen molar-refractivity contribution in [3.8, 4) is 5.75 Å². The monoisotopic (exact) mass is 371 g/mol. The zero-order chi connectivity index (χ0) is 19.1. The van der Waals surface area contributed by atoms with E-state index in [2.05, 4.69) is 0 Å². The summed E-state index contributed by atoms with van der Waals surface area (Å²) >= 11 is 0. The molecule has 1 spiro atoms. The molecule has 0 saturated carbocycles. The average molecular weight is 371 g/mol. The molecule has 0 aromatic heterocycles. The van der Waals surface area contributed by atoms with Crippen LogP contribution in [0.5, 0.6) is 5.75 Å². The summed E-state index contributed by atoms with van der Waals surface area (Å²) in [6.45, 7) is 1.20. The van der Waals surface area contributed by atoms with Crippen LogP contribution in [-0.2, 0) is 0 Å². The molecule has 1 fully saturated rings. The summed E-state index contributed by atoms with van der Waals surface area (Å²) in [6.07, 6.45) is 1.71. The molecule has 0 N–H and O–H groups in total. The number of ketones is 1. The van der Waals surface area contributed by atoms with E-state index >= 15 is 0 Å². The van der Waals surface area contributed by atoms with Crippen LogP contribution in [0, 0.1) is 0 Å². The maximum atomic E-state index is 12.9. The molecule has 28 heavy (non-hydrogen) atoms. The zero-order valence-electron chi connectivity index (χ0n) is 15.6. The highest BCUT2D eigenvalue weighted by Crippen LogP contribution is 2.43. The first kappa shape index (κ1) is 17.0. The Morgan fingerprint density at radius 3 is 2.39 bits per heavy atom. The SMILES string of the molecule is O=C1CC2(CCN(C(=O)c3ccccc3)CC2)Oc2c1ccc1ccccc21. The van der Waals surface area contributed by atoms with Crippen LogP contribution in [0.4, 0.5) is 0 Å². The number of fused-ring (bicyclic) bond motifs is 3. The Balaban J connectivity index is 1.41. The lowest BCUT2D eigenvalue weighted by Gasteiger charge is -2.44. The number of carbonyl (C=O) groups is 2. The van der Waals surface area contributed by atoms with Gasteiger partial charge in [0.25, 0.3) is 5.91 Å². The second-order valence-electron chi connectivity index (χ2n) is 7.71. The summed E-state index contributed by atoms with van der Waals surface area (Å²) in [5, 5.41) is 2.05. The molecule has 5 rings (SSSR count). The second kappa shape index (κ2) is 6.48. The number of rotatable bonds is 1. The number of amides is 1. The molecule has 0 unspecified atom stereocenters. The van der Waals surface area contributed by atoms with Gasteiger partial charge in [-0.05, 0) is 23.6 Å². The molecular formula is C24H21NO3. The zero-order valence-corrected chi connectivity index (χ0v) is 15.6. The first-order chi connectivity index (χ1) is 13.7. The van der Waals surface area contributed by atoms with E-state index < -0.39 is 5.60 Å². The molecule has 0 aliphatic carbocycles. The Kier molecular flexibility index (Phi) is 3.93. The first-order valence-electron chi connectivity index (χ1n) is 9.74. The molecule has 4 nitrogen and oxygen atoms in total. The number of carbonyl (C=O) groups excluding carboxylic acids is 2. The fraction of sp³-hybridized carbons (Fsp3) is 0.250. The molecule has 1 amide bonds. The van der Waals surface area contributed by atoms with Crippen LogP contribution in [0.3, 0.4) is 0 Å². The summed E-state index contributed by atoms with van der Waals surface area (Å²) < 4.78 is 6.52. The fourth-order valence-corrected chi connectivity index (χ4v) is 4.37. The Morgan fingerprint density at radius 2 is 1.61 bits per heavy atom. The molecular weight excluding hydrogens is 350 g/mol. The quantitative estimate of drug-likeness (QED) is 0.634. The molecule has 0 radical (unpaired) electrons. The Hall–Kier alpha value is -3.14. The summed E-state index contributed by atoms with van der Waals surface area (Å²) in [6, 6.07) is 21.2. The number of hydrogen-bond acceptors (Lipinski definition) is 3. The van der Waals surface area contributed by atoms with E-state index in [1.807, 2.05) is 71.6 Å². The van der Waals surface area contributed by atoms with Gasteiger partial charge in [-0.3, -0.25) is 9.59 Å². The molecule has 2 heterocycles. The van der Waals surface area contributed by atoms with Crippen molar-refractivity contribution >= 4 is 22.5 Å². The van der Waals surface area contributed by atoms with Crippen molar-refractivity contribution < 1.29 is 14.3 Å². The Bertz CT molecular complexity index is 1070. The molecule has 4 heteroatoms. The van der Waals surface area contributed by atoms with Gasteiger partial charge >= 0.3 is 0 Å². The van der Waals surface area contributed by atoms with Crippen molar-refractivity contribution in [2.45, 2.75) is 24.9 Å². The normalized spacial score (nSPS) is 18.0. The van der Waals surface area contributed by atoms with Crippen LogP contribution in [-0.4, -0.2) is 35.3 Å². The maximum absolute atomic E-state index is 12.9. The topological polar surface area (TPSA) is 46.6 Å². The highest BCUT2D eigenvalue weighted by Gasteiger charge is 2.44. The van der Waals surface area contributed by atoms with Gasteiger partial charge in [0.05, 0.1) is 12.0 Å². The third-order valence-electron chi connectivity index (χ3n) is 5.96. The van der Waals surface area contributed by atoms with E-state index in [9.17, 15) is 9.59 Å². The van der Waals surface area contributed by atoms with Crippen molar-refractivity contribution in [1.29, 1.82) is 0 Å².